The van der Waals surface area contributed by atoms with Crippen LogP contribution in [0.1, 0.15) is 28.9 Å². The van der Waals surface area contributed by atoms with E-state index in [2.05, 4.69) is 20.1 Å². The second-order valence-electron chi connectivity index (χ2n) is 5.59. The second-order valence-corrected chi connectivity index (χ2v) is 6.57. The number of ether oxygens (including phenoxy) is 2. The third-order valence-corrected chi connectivity index (χ3v) is 4.80. The van der Waals surface area contributed by atoms with E-state index in [1.165, 1.54) is 31.8 Å². The molecule has 26 heavy (non-hydrogen) atoms. The quantitative estimate of drug-likeness (QED) is 0.386. The summed E-state index contributed by atoms with van der Waals surface area (Å²) in [5.74, 6) is 0.478. The third kappa shape index (κ3) is 3.17. The minimum atomic E-state index is -0.469. The first kappa shape index (κ1) is 18.0. The molecule has 0 fully saturated rings. The van der Waals surface area contributed by atoms with Crippen molar-refractivity contribution < 1.29 is 14.3 Å². The zero-order chi connectivity index (χ0) is 18.8. The topological polar surface area (TPSA) is 91.5 Å². The van der Waals surface area contributed by atoms with E-state index in [-0.39, 0.29) is 0 Å². The summed E-state index contributed by atoms with van der Waals surface area (Å²) in [6.07, 6.45) is 2.04. The molecule has 0 aliphatic rings. The largest absolute Gasteiger partial charge is 0.503 e. The molecule has 0 spiro atoms. The average Bonchev–Trinajstić information content (AvgIpc) is 3.15. The fourth-order valence-corrected chi connectivity index (χ4v) is 3.79. The van der Waals surface area contributed by atoms with Gasteiger partial charge in [0.2, 0.25) is 10.8 Å². The van der Waals surface area contributed by atoms with Gasteiger partial charge >= 0.3 is 5.97 Å². The lowest BCUT2D eigenvalue weighted by Gasteiger charge is -2.05. The van der Waals surface area contributed by atoms with Crippen LogP contribution in [0.2, 0.25) is 0 Å². The van der Waals surface area contributed by atoms with Crippen LogP contribution in [0.25, 0.3) is 22.2 Å². The number of carbonyl (C=O) groups excluding carboxylic acids is 1. The first-order valence-electron chi connectivity index (χ1n) is 8.01. The summed E-state index contributed by atoms with van der Waals surface area (Å²) in [6.45, 7) is 5.80. The lowest BCUT2D eigenvalue weighted by molar-refractivity contribution is -0.133. The van der Waals surface area contributed by atoms with Crippen molar-refractivity contribution in [2.45, 2.75) is 27.2 Å². The Morgan fingerprint density at radius 1 is 1.19 bits per heavy atom. The molecule has 3 heterocycles. The molecule has 0 unspecified atom stereocenters. The average molecular weight is 373 g/mol. The van der Waals surface area contributed by atoms with Crippen molar-refractivity contribution in [3.63, 3.8) is 0 Å². The highest BCUT2D eigenvalue weighted by atomic mass is 32.1. The van der Waals surface area contributed by atoms with Gasteiger partial charge in [0.25, 0.3) is 0 Å². The Morgan fingerprint density at radius 3 is 2.46 bits per heavy atom. The zero-order valence-corrected chi connectivity index (χ0v) is 16.0. The molecule has 0 saturated heterocycles. The smallest absolute Gasteiger partial charge is 0.342 e. The molecule has 3 aromatic heterocycles. The maximum atomic E-state index is 12.1. The monoisotopic (exact) mass is 373 g/mol. The molecule has 0 aliphatic carbocycles. The SMILES string of the molecule is CCc1c(/C(=C\OC)C(=O)OC)sc2nc(-c3nc(C)cc(C)n3)nn12. The Kier molecular flexibility index (Phi) is 4.99. The number of nitrogens with zero attached hydrogens (tertiary/aromatic N) is 5. The standard InChI is InChI=1S/C17H19N5O3S/c1-6-12-13(11(8-24-4)16(23)25-5)26-17-20-15(21-22(12)17)14-18-9(2)7-10(3)19-14/h7-8H,6H2,1-5H3/b11-8+. The highest BCUT2D eigenvalue weighted by molar-refractivity contribution is 7.18. The van der Waals surface area contributed by atoms with Crippen LogP contribution in [0, 0.1) is 13.8 Å². The van der Waals surface area contributed by atoms with E-state index in [9.17, 15) is 4.79 Å². The number of methoxy groups -OCH3 is 2. The summed E-state index contributed by atoms with van der Waals surface area (Å²) < 4.78 is 11.6. The summed E-state index contributed by atoms with van der Waals surface area (Å²) in [5.41, 5.74) is 2.91. The number of hydrogen-bond donors (Lipinski definition) is 0. The number of aromatic nitrogens is 5. The first-order chi connectivity index (χ1) is 12.5. The third-order valence-electron chi connectivity index (χ3n) is 3.69. The molecule has 0 N–H and O–H groups in total. The molecule has 0 amide bonds. The number of thiazole rings is 1. The maximum Gasteiger partial charge on any atom is 0.342 e. The molecular formula is C17H19N5O3S. The molecule has 0 atom stereocenters. The Labute approximate surface area is 154 Å². The van der Waals surface area contributed by atoms with E-state index in [1.807, 2.05) is 26.8 Å². The number of fused-ring (bicyclic) bond motifs is 1. The van der Waals surface area contributed by atoms with E-state index < -0.39 is 5.97 Å². The summed E-state index contributed by atoms with van der Waals surface area (Å²) in [4.78, 5) is 26.9. The van der Waals surface area contributed by atoms with Crippen LogP contribution in [0.4, 0.5) is 0 Å². The van der Waals surface area contributed by atoms with Crippen LogP contribution in [0.3, 0.4) is 0 Å². The Morgan fingerprint density at radius 2 is 1.88 bits per heavy atom. The number of carbonyl (C=O) groups is 1. The van der Waals surface area contributed by atoms with E-state index in [0.29, 0.717) is 28.6 Å². The number of hydrogen-bond acceptors (Lipinski definition) is 8. The van der Waals surface area contributed by atoms with Gasteiger partial charge in [-0.3, -0.25) is 0 Å². The number of esters is 1. The summed E-state index contributed by atoms with van der Waals surface area (Å²) in [5, 5.41) is 4.56. The van der Waals surface area contributed by atoms with Gasteiger partial charge in [0.1, 0.15) is 5.57 Å². The number of rotatable bonds is 5. The predicted molar refractivity (Wildman–Crippen MR) is 97.7 cm³/mol. The van der Waals surface area contributed by atoms with Gasteiger partial charge in [0.05, 0.1) is 31.1 Å². The highest BCUT2D eigenvalue weighted by Gasteiger charge is 2.24. The van der Waals surface area contributed by atoms with E-state index in [4.69, 9.17) is 9.47 Å². The molecule has 0 radical (unpaired) electrons. The van der Waals surface area contributed by atoms with E-state index in [0.717, 1.165) is 22.0 Å². The van der Waals surface area contributed by atoms with Gasteiger partial charge in [-0.05, 0) is 26.3 Å². The van der Waals surface area contributed by atoms with Gasteiger partial charge in [0.15, 0.2) is 5.82 Å². The van der Waals surface area contributed by atoms with Crippen LogP contribution in [0.5, 0.6) is 0 Å². The van der Waals surface area contributed by atoms with Crippen LogP contribution in [0.15, 0.2) is 12.3 Å². The highest BCUT2D eigenvalue weighted by Crippen LogP contribution is 2.31. The van der Waals surface area contributed by atoms with Crippen LogP contribution in [-0.4, -0.2) is 44.8 Å². The maximum absolute atomic E-state index is 12.1. The fraction of sp³-hybridized carbons (Fsp3) is 0.353. The van der Waals surface area contributed by atoms with Crippen molar-refractivity contribution in [1.82, 2.24) is 24.6 Å². The van der Waals surface area contributed by atoms with Crippen molar-refractivity contribution in [3.05, 3.63) is 34.3 Å². The molecule has 0 saturated carbocycles. The number of aryl methyl sites for hydroxylation is 3. The van der Waals surface area contributed by atoms with Crippen LogP contribution < -0.4 is 0 Å². The van der Waals surface area contributed by atoms with Crippen molar-refractivity contribution in [3.8, 4) is 11.6 Å². The first-order valence-corrected chi connectivity index (χ1v) is 8.82. The summed E-state index contributed by atoms with van der Waals surface area (Å²) in [6, 6.07) is 1.90. The Hall–Kier alpha value is -2.81. The molecular weight excluding hydrogens is 354 g/mol. The lowest BCUT2D eigenvalue weighted by Crippen LogP contribution is -2.06. The van der Waals surface area contributed by atoms with Crippen LogP contribution in [-0.2, 0) is 20.7 Å². The molecule has 0 bridgehead atoms. The summed E-state index contributed by atoms with van der Waals surface area (Å²) >= 11 is 1.35. The Bertz CT molecular complexity index is 985. The van der Waals surface area contributed by atoms with Gasteiger partial charge in [-0.2, -0.15) is 4.98 Å². The molecule has 9 heteroatoms. The van der Waals surface area contributed by atoms with Gasteiger partial charge in [0, 0.05) is 11.4 Å². The second kappa shape index (κ2) is 7.20. The van der Waals surface area contributed by atoms with Gasteiger partial charge < -0.3 is 9.47 Å². The van der Waals surface area contributed by atoms with Gasteiger partial charge in [-0.15, -0.1) is 5.10 Å². The molecule has 136 valence electrons. The van der Waals surface area contributed by atoms with Crippen molar-refractivity contribution in [1.29, 1.82) is 0 Å². The van der Waals surface area contributed by atoms with Crippen LogP contribution >= 0.6 is 11.3 Å². The van der Waals surface area contributed by atoms with E-state index in [1.54, 1.807) is 4.52 Å². The molecule has 3 aromatic rings. The summed E-state index contributed by atoms with van der Waals surface area (Å²) in [7, 11) is 2.82. The van der Waals surface area contributed by atoms with Crippen molar-refractivity contribution >= 4 is 27.8 Å². The molecule has 0 aromatic carbocycles. The van der Waals surface area contributed by atoms with Crippen molar-refractivity contribution in [2.75, 3.05) is 14.2 Å². The predicted octanol–water partition coefficient (Wildman–Crippen LogP) is 2.59. The molecule has 3 rings (SSSR count). The lowest BCUT2D eigenvalue weighted by atomic mass is 10.2. The minimum Gasteiger partial charge on any atom is -0.503 e. The van der Waals surface area contributed by atoms with Gasteiger partial charge in [-0.25, -0.2) is 19.3 Å². The minimum absolute atomic E-state index is 0.341. The molecule has 8 nitrogen and oxygen atoms in total. The van der Waals surface area contributed by atoms with E-state index >= 15 is 0 Å². The zero-order valence-electron chi connectivity index (χ0n) is 15.2. The van der Waals surface area contributed by atoms with Gasteiger partial charge in [-0.1, -0.05) is 18.3 Å². The van der Waals surface area contributed by atoms with Crippen molar-refractivity contribution in [2.24, 2.45) is 0 Å². The fourth-order valence-electron chi connectivity index (χ4n) is 2.65. The molecule has 0 aliphatic heterocycles. The Balaban J connectivity index is 2.14. The normalized spacial score (nSPS) is 11.8.